The summed E-state index contributed by atoms with van der Waals surface area (Å²) in [5, 5.41) is 0. The van der Waals surface area contributed by atoms with Crippen LogP contribution in [0.1, 0.15) is 38.3 Å². The van der Waals surface area contributed by atoms with Crippen molar-refractivity contribution in [1.82, 2.24) is 9.97 Å². The number of alkyl halides is 2. The molecule has 0 bridgehead atoms. The van der Waals surface area contributed by atoms with Gasteiger partial charge in [0.25, 0.3) is 5.92 Å². The number of rotatable bonds is 3. The van der Waals surface area contributed by atoms with Crippen LogP contribution in [-0.4, -0.2) is 28.5 Å². The summed E-state index contributed by atoms with van der Waals surface area (Å²) in [5.41, 5.74) is 6.47. The second kappa shape index (κ2) is 5.27. The van der Waals surface area contributed by atoms with E-state index in [2.05, 4.69) is 9.97 Å². The van der Waals surface area contributed by atoms with E-state index in [1.54, 1.807) is 6.07 Å². The van der Waals surface area contributed by atoms with Gasteiger partial charge in [0.2, 0.25) is 5.95 Å². The number of hydrogen-bond donors (Lipinski definition) is 1. The molecular weight excluding hydrogens is 250 g/mol. The lowest BCUT2D eigenvalue weighted by Crippen LogP contribution is -2.47. The summed E-state index contributed by atoms with van der Waals surface area (Å²) in [4.78, 5) is 10.4. The van der Waals surface area contributed by atoms with Crippen LogP contribution < -0.4 is 10.6 Å². The van der Waals surface area contributed by atoms with Gasteiger partial charge in [-0.15, -0.1) is 0 Å². The molecular formula is C13H20F2N4. The molecule has 2 N–H and O–H groups in total. The SMILES string of the molecule is CCCC1CC(F)(F)CCN1c1nc(C)cc(N)n1. The average molecular weight is 270 g/mol. The highest BCUT2D eigenvalue weighted by Crippen LogP contribution is 2.35. The second-order valence-electron chi connectivity index (χ2n) is 5.18. The topological polar surface area (TPSA) is 55.0 Å². The predicted octanol–water partition coefficient (Wildman–Crippen LogP) is 2.77. The molecule has 0 spiro atoms. The van der Waals surface area contributed by atoms with Gasteiger partial charge < -0.3 is 10.6 Å². The first kappa shape index (κ1) is 14.0. The lowest BCUT2D eigenvalue weighted by Gasteiger charge is -2.39. The fourth-order valence-corrected chi connectivity index (χ4v) is 2.58. The van der Waals surface area contributed by atoms with Crippen LogP contribution in [0.5, 0.6) is 0 Å². The number of nitrogens with two attached hydrogens (primary N) is 1. The summed E-state index contributed by atoms with van der Waals surface area (Å²) in [7, 11) is 0. The van der Waals surface area contributed by atoms with E-state index in [1.165, 1.54) is 0 Å². The van der Waals surface area contributed by atoms with Gasteiger partial charge in [-0.1, -0.05) is 13.3 Å². The number of nitrogens with zero attached hydrogens (tertiary/aromatic N) is 3. The summed E-state index contributed by atoms with van der Waals surface area (Å²) < 4.78 is 27.1. The van der Waals surface area contributed by atoms with E-state index in [-0.39, 0.29) is 25.4 Å². The van der Waals surface area contributed by atoms with E-state index in [0.717, 1.165) is 12.1 Å². The van der Waals surface area contributed by atoms with Crippen LogP contribution in [0, 0.1) is 6.92 Å². The van der Waals surface area contributed by atoms with Gasteiger partial charge in [-0.05, 0) is 13.3 Å². The van der Waals surface area contributed by atoms with Crippen molar-refractivity contribution in [3.63, 3.8) is 0 Å². The Labute approximate surface area is 112 Å². The van der Waals surface area contributed by atoms with E-state index in [1.807, 2.05) is 18.7 Å². The third-order valence-electron chi connectivity index (χ3n) is 3.43. The number of hydrogen-bond acceptors (Lipinski definition) is 4. The molecule has 0 radical (unpaired) electrons. The smallest absolute Gasteiger partial charge is 0.251 e. The van der Waals surface area contributed by atoms with Crippen molar-refractivity contribution in [2.75, 3.05) is 17.2 Å². The van der Waals surface area contributed by atoms with E-state index in [4.69, 9.17) is 5.73 Å². The van der Waals surface area contributed by atoms with Crippen molar-refractivity contribution in [2.45, 2.75) is 51.5 Å². The van der Waals surface area contributed by atoms with Crippen LogP contribution in [0.4, 0.5) is 20.5 Å². The number of aryl methyl sites for hydroxylation is 1. The maximum atomic E-state index is 13.5. The van der Waals surface area contributed by atoms with E-state index >= 15 is 0 Å². The first-order valence-corrected chi connectivity index (χ1v) is 6.67. The summed E-state index contributed by atoms with van der Waals surface area (Å²) in [6.07, 6.45) is 1.30. The van der Waals surface area contributed by atoms with E-state index in [9.17, 15) is 8.78 Å². The number of nitrogen functional groups attached to an aromatic ring is 1. The summed E-state index contributed by atoms with van der Waals surface area (Å²) in [5.74, 6) is -1.72. The monoisotopic (exact) mass is 270 g/mol. The number of halogens is 2. The van der Waals surface area contributed by atoms with Gasteiger partial charge in [0.15, 0.2) is 0 Å². The average Bonchev–Trinajstić information content (AvgIpc) is 2.26. The Morgan fingerprint density at radius 2 is 2.21 bits per heavy atom. The molecule has 1 fully saturated rings. The highest BCUT2D eigenvalue weighted by molar-refractivity contribution is 5.41. The van der Waals surface area contributed by atoms with Gasteiger partial charge in [-0.25, -0.2) is 13.8 Å². The molecule has 1 atom stereocenters. The van der Waals surface area contributed by atoms with Crippen molar-refractivity contribution in [3.05, 3.63) is 11.8 Å². The van der Waals surface area contributed by atoms with Crippen LogP contribution in [0.15, 0.2) is 6.07 Å². The lowest BCUT2D eigenvalue weighted by atomic mass is 9.95. The molecule has 1 unspecified atom stereocenters. The van der Waals surface area contributed by atoms with Crippen LogP contribution >= 0.6 is 0 Å². The first-order chi connectivity index (χ1) is 8.91. The van der Waals surface area contributed by atoms with Crippen molar-refractivity contribution < 1.29 is 8.78 Å². The van der Waals surface area contributed by atoms with Gasteiger partial charge in [0.05, 0.1) is 0 Å². The summed E-state index contributed by atoms with van der Waals surface area (Å²) in [6, 6.07) is 1.46. The number of anilines is 2. The molecule has 6 heteroatoms. The number of piperidine rings is 1. The molecule has 1 aromatic rings. The Morgan fingerprint density at radius 3 is 2.84 bits per heavy atom. The molecule has 0 aromatic carbocycles. The molecule has 0 amide bonds. The van der Waals surface area contributed by atoms with Gasteiger partial charge >= 0.3 is 0 Å². The molecule has 2 heterocycles. The third-order valence-corrected chi connectivity index (χ3v) is 3.43. The Balaban J connectivity index is 2.25. The summed E-state index contributed by atoms with van der Waals surface area (Å²) >= 11 is 0. The fourth-order valence-electron chi connectivity index (χ4n) is 2.58. The summed E-state index contributed by atoms with van der Waals surface area (Å²) in [6.45, 7) is 4.10. The third kappa shape index (κ3) is 3.30. The standard InChI is InChI=1S/C13H20F2N4/c1-3-4-10-8-13(14,15)5-6-19(10)12-17-9(2)7-11(16)18-12/h7,10H,3-6,8H2,1-2H3,(H2,16,17,18). The van der Waals surface area contributed by atoms with Gasteiger partial charge in [0.1, 0.15) is 5.82 Å². The molecule has 1 aliphatic heterocycles. The van der Waals surface area contributed by atoms with Crippen LogP contribution in [0.3, 0.4) is 0 Å². The van der Waals surface area contributed by atoms with E-state index in [0.29, 0.717) is 18.2 Å². The highest BCUT2D eigenvalue weighted by Gasteiger charge is 2.40. The van der Waals surface area contributed by atoms with Gasteiger partial charge in [-0.3, -0.25) is 0 Å². The number of aromatic nitrogens is 2. The Kier molecular flexibility index (Phi) is 3.87. The molecule has 1 aliphatic rings. The van der Waals surface area contributed by atoms with Crippen molar-refractivity contribution in [1.29, 1.82) is 0 Å². The Bertz CT molecular complexity index is 430. The molecule has 106 valence electrons. The zero-order valence-electron chi connectivity index (χ0n) is 11.4. The van der Waals surface area contributed by atoms with Crippen molar-refractivity contribution >= 4 is 11.8 Å². The molecule has 4 nitrogen and oxygen atoms in total. The zero-order valence-corrected chi connectivity index (χ0v) is 11.4. The Morgan fingerprint density at radius 1 is 1.47 bits per heavy atom. The first-order valence-electron chi connectivity index (χ1n) is 6.67. The van der Waals surface area contributed by atoms with Crippen LogP contribution in [0.25, 0.3) is 0 Å². The predicted molar refractivity (Wildman–Crippen MR) is 71.4 cm³/mol. The molecule has 0 saturated carbocycles. The molecule has 0 aliphatic carbocycles. The highest BCUT2D eigenvalue weighted by atomic mass is 19.3. The van der Waals surface area contributed by atoms with Crippen LogP contribution in [-0.2, 0) is 0 Å². The van der Waals surface area contributed by atoms with Crippen LogP contribution in [0.2, 0.25) is 0 Å². The maximum Gasteiger partial charge on any atom is 0.251 e. The van der Waals surface area contributed by atoms with Gasteiger partial charge in [0, 0.05) is 37.2 Å². The second-order valence-corrected chi connectivity index (χ2v) is 5.18. The molecule has 1 aromatic heterocycles. The normalized spacial score (nSPS) is 22.5. The minimum Gasteiger partial charge on any atom is -0.384 e. The molecule has 19 heavy (non-hydrogen) atoms. The maximum absolute atomic E-state index is 13.5. The largest absolute Gasteiger partial charge is 0.384 e. The lowest BCUT2D eigenvalue weighted by molar-refractivity contribution is -0.0348. The van der Waals surface area contributed by atoms with Crippen molar-refractivity contribution in [3.8, 4) is 0 Å². The quantitative estimate of drug-likeness (QED) is 0.917. The minimum atomic E-state index is -2.58. The van der Waals surface area contributed by atoms with Gasteiger partial charge in [-0.2, -0.15) is 4.98 Å². The van der Waals surface area contributed by atoms with E-state index < -0.39 is 5.92 Å². The zero-order chi connectivity index (χ0) is 14.0. The van der Waals surface area contributed by atoms with Crippen molar-refractivity contribution in [2.24, 2.45) is 0 Å². The fraction of sp³-hybridized carbons (Fsp3) is 0.692. The Hall–Kier alpha value is -1.46. The minimum absolute atomic E-state index is 0.127. The molecule has 2 rings (SSSR count). The molecule has 1 saturated heterocycles.